The minimum absolute atomic E-state index is 0.107. The van der Waals surface area contributed by atoms with E-state index < -0.39 is 29.8 Å². The zero-order valence-corrected chi connectivity index (χ0v) is 19.3. The molecule has 6 nitrogen and oxygen atoms in total. The number of carboxylic acids is 1. The monoisotopic (exact) mass is 513 g/mol. The Labute approximate surface area is 198 Å². The summed E-state index contributed by atoms with van der Waals surface area (Å²) in [6.07, 6.45) is 0.147. The second-order valence-electron chi connectivity index (χ2n) is 7.97. The number of dihydropyridines is 1. The topological polar surface area (TPSA) is 92.7 Å². The van der Waals surface area contributed by atoms with Gasteiger partial charge in [-0.3, -0.25) is 4.79 Å². The number of ketones is 1. The van der Waals surface area contributed by atoms with Gasteiger partial charge in [-0.25, -0.2) is 14.0 Å². The molecule has 0 saturated heterocycles. The molecule has 33 heavy (non-hydrogen) atoms. The first-order valence-corrected chi connectivity index (χ1v) is 11.2. The number of aliphatic carboxylic acids is 1. The molecule has 8 heteroatoms. The highest BCUT2D eigenvalue weighted by atomic mass is 79.9. The SMILES string of the molecule is CC1=C(C(=O)O[C@@H](C(=O)O)c2ccccc2)[C@H](c2ccc(F)c(Br)c2)C2=C(CCCC2=O)N1. The lowest BCUT2D eigenvalue weighted by atomic mass is 9.75. The van der Waals surface area contributed by atoms with E-state index in [1.165, 1.54) is 18.2 Å². The molecule has 0 saturated carbocycles. The van der Waals surface area contributed by atoms with Crippen molar-refractivity contribution in [2.75, 3.05) is 0 Å². The Bertz CT molecular complexity index is 1200. The minimum Gasteiger partial charge on any atom is -0.478 e. The second kappa shape index (κ2) is 9.31. The lowest BCUT2D eigenvalue weighted by Crippen LogP contribution is -2.35. The van der Waals surface area contributed by atoms with Gasteiger partial charge in [-0.15, -0.1) is 0 Å². The van der Waals surface area contributed by atoms with E-state index in [9.17, 15) is 23.9 Å². The van der Waals surface area contributed by atoms with Gasteiger partial charge < -0.3 is 15.2 Å². The molecule has 1 aliphatic carbocycles. The first-order chi connectivity index (χ1) is 15.8. The van der Waals surface area contributed by atoms with Crippen LogP contribution in [-0.2, 0) is 19.1 Å². The smallest absolute Gasteiger partial charge is 0.349 e. The molecule has 0 unspecified atom stereocenters. The van der Waals surface area contributed by atoms with Crippen LogP contribution in [0.3, 0.4) is 0 Å². The lowest BCUT2D eigenvalue weighted by molar-refractivity contribution is -0.162. The van der Waals surface area contributed by atoms with Crippen molar-refractivity contribution in [2.45, 2.75) is 38.2 Å². The number of hydrogen-bond acceptors (Lipinski definition) is 5. The summed E-state index contributed by atoms with van der Waals surface area (Å²) in [4.78, 5) is 38.2. The zero-order chi connectivity index (χ0) is 23.7. The van der Waals surface area contributed by atoms with Gasteiger partial charge in [0.2, 0.25) is 6.10 Å². The van der Waals surface area contributed by atoms with Crippen molar-refractivity contribution in [3.05, 3.63) is 92.5 Å². The first kappa shape index (κ1) is 22.9. The summed E-state index contributed by atoms with van der Waals surface area (Å²) in [5.41, 5.74) is 2.61. The number of carbonyl (C=O) groups excluding carboxylic acids is 2. The quantitative estimate of drug-likeness (QED) is 0.551. The van der Waals surface area contributed by atoms with E-state index in [0.29, 0.717) is 41.7 Å². The molecule has 2 N–H and O–H groups in total. The van der Waals surface area contributed by atoms with Gasteiger partial charge in [0, 0.05) is 34.9 Å². The fourth-order valence-corrected chi connectivity index (χ4v) is 4.74. The van der Waals surface area contributed by atoms with Gasteiger partial charge in [-0.2, -0.15) is 0 Å². The summed E-state index contributed by atoms with van der Waals surface area (Å²) in [5, 5.41) is 12.9. The highest BCUT2D eigenvalue weighted by molar-refractivity contribution is 9.10. The minimum atomic E-state index is -1.52. The van der Waals surface area contributed by atoms with Gasteiger partial charge in [0.25, 0.3) is 0 Å². The van der Waals surface area contributed by atoms with Crippen molar-refractivity contribution in [1.82, 2.24) is 5.32 Å². The molecule has 0 radical (unpaired) electrons. The van der Waals surface area contributed by atoms with Gasteiger partial charge in [-0.05, 0) is 53.4 Å². The van der Waals surface area contributed by atoms with E-state index in [1.807, 2.05) is 0 Å². The molecule has 2 aromatic rings. The molecule has 0 fully saturated rings. The number of hydrogen-bond donors (Lipinski definition) is 2. The molecular weight excluding hydrogens is 493 g/mol. The van der Waals surface area contributed by atoms with E-state index in [0.717, 1.165) is 5.70 Å². The van der Waals surface area contributed by atoms with Crippen molar-refractivity contribution >= 4 is 33.7 Å². The summed E-state index contributed by atoms with van der Waals surface area (Å²) in [7, 11) is 0. The van der Waals surface area contributed by atoms with E-state index in [1.54, 1.807) is 37.3 Å². The normalized spacial score (nSPS) is 19.0. The predicted molar refractivity (Wildman–Crippen MR) is 121 cm³/mol. The Morgan fingerprint density at radius 3 is 2.58 bits per heavy atom. The molecule has 1 aliphatic heterocycles. The van der Waals surface area contributed by atoms with E-state index in [2.05, 4.69) is 21.2 Å². The van der Waals surface area contributed by atoms with Crippen LogP contribution in [0.4, 0.5) is 4.39 Å². The number of carbonyl (C=O) groups is 3. The highest BCUT2D eigenvalue weighted by Crippen LogP contribution is 2.43. The molecule has 0 spiro atoms. The Morgan fingerprint density at radius 1 is 1.18 bits per heavy atom. The number of benzene rings is 2. The van der Waals surface area contributed by atoms with Crippen LogP contribution in [0.25, 0.3) is 0 Å². The number of allylic oxidation sites excluding steroid dienone is 3. The second-order valence-corrected chi connectivity index (χ2v) is 8.83. The molecule has 0 amide bonds. The molecule has 2 aromatic carbocycles. The summed E-state index contributed by atoms with van der Waals surface area (Å²) < 4.78 is 19.6. The maximum atomic E-state index is 13.9. The van der Waals surface area contributed by atoms with Crippen LogP contribution in [0.2, 0.25) is 0 Å². The van der Waals surface area contributed by atoms with Gasteiger partial charge in [0.15, 0.2) is 5.78 Å². The zero-order valence-electron chi connectivity index (χ0n) is 17.7. The largest absolute Gasteiger partial charge is 0.478 e. The standard InChI is InChI=1S/C25H21BrFNO5/c1-13-20(25(32)33-23(24(30)31)14-6-3-2-4-7-14)21(15-10-11-17(27)16(26)12-15)22-18(28-13)8-5-9-19(22)29/h2-4,6-7,10-12,21,23,28H,5,8-9H2,1H3,(H,30,31)/t21-,23+/m0/s1. The average molecular weight is 514 g/mol. The average Bonchev–Trinajstić information content (AvgIpc) is 2.79. The van der Waals surface area contributed by atoms with Gasteiger partial charge in [-0.1, -0.05) is 36.4 Å². The molecule has 0 bridgehead atoms. The Kier molecular flexibility index (Phi) is 6.47. The van der Waals surface area contributed by atoms with Gasteiger partial charge >= 0.3 is 11.9 Å². The Hall–Kier alpha value is -3.26. The van der Waals surface area contributed by atoms with E-state index in [4.69, 9.17) is 4.74 Å². The maximum Gasteiger partial charge on any atom is 0.349 e. The Balaban J connectivity index is 1.79. The van der Waals surface area contributed by atoms with Gasteiger partial charge in [0.1, 0.15) is 5.82 Å². The highest BCUT2D eigenvalue weighted by Gasteiger charge is 2.40. The van der Waals surface area contributed by atoms with Crippen LogP contribution in [0.15, 0.2) is 75.5 Å². The van der Waals surface area contributed by atoms with Crippen molar-refractivity contribution in [3.63, 3.8) is 0 Å². The number of esters is 1. The third-order valence-corrected chi connectivity index (χ3v) is 6.43. The van der Waals surface area contributed by atoms with Gasteiger partial charge in [0.05, 0.1) is 10.0 Å². The maximum absolute atomic E-state index is 13.9. The number of Topliss-reactive ketones (excluding diaryl/α,β-unsaturated/α-hetero) is 1. The van der Waals surface area contributed by atoms with Crippen LogP contribution < -0.4 is 5.32 Å². The third-order valence-electron chi connectivity index (χ3n) is 5.82. The third kappa shape index (κ3) is 4.48. The molecule has 0 aromatic heterocycles. The lowest BCUT2D eigenvalue weighted by Gasteiger charge is -2.34. The molecule has 1 heterocycles. The molecule has 4 rings (SSSR count). The first-order valence-electron chi connectivity index (χ1n) is 10.5. The van der Waals surface area contributed by atoms with Crippen LogP contribution >= 0.6 is 15.9 Å². The number of halogens is 2. The van der Waals surface area contributed by atoms with E-state index in [-0.39, 0.29) is 15.8 Å². The van der Waals surface area contributed by atoms with Crippen molar-refractivity contribution in [3.8, 4) is 0 Å². The van der Waals surface area contributed by atoms with Crippen LogP contribution in [-0.4, -0.2) is 22.8 Å². The number of rotatable bonds is 5. The summed E-state index contributed by atoms with van der Waals surface area (Å²) in [6.45, 7) is 1.68. The van der Waals surface area contributed by atoms with Crippen LogP contribution in [0, 0.1) is 5.82 Å². The summed E-state index contributed by atoms with van der Waals surface area (Å²) in [6, 6.07) is 12.5. The summed E-state index contributed by atoms with van der Waals surface area (Å²) >= 11 is 3.18. The molecule has 2 atom stereocenters. The Morgan fingerprint density at radius 2 is 1.91 bits per heavy atom. The van der Waals surface area contributed by atoms with E-state index >= 15 is 0 Å². The predicted octanol–water partition coefficient (Wildman–Crippen LogP) is 4.93. The number of carboxylic acid groups (broad SMARTS) is 1. The number of nitrogens with one attached hydrogen (secondary N) is 1. The molecular formula is C25H21BrFNO5. The fourth-order valence-electron chi connectivity index (χ4n) is 4.34. The fraction of sp³-hybridized carbons (Fsp3) is 0.240. The van der Waals surface area contributed by atoms with Crippen LogP contribution in [0.5, 0.6) is 0 Å². The van der Waals surface area contributed by atoms with Crippen molar-refractivity contribution < 1.29 is 28.6 Å². The number of ether oxygens (including phenoxy) is 1. The summed E-state index contributed by atoms with van der Waals surface area (Å²) in [5.74, 6) is -3.55. The van der Waals surface area contributed by atoms with Crippen molar-refractivity contribution in [1.29, 1.82) is 0 Å². The van der Waals surface area contributed by atoms with Crippen molar-refractivity contribution in [2.24, 2.45) is 0 Å². The molecule has 170 valence electrons. The molecule has 2 aliphatic rings. The van der Waals surface area contributed by atoms with Crippen LogP contribution in [0.1, 0.15) is 49.3 Å².